The molecule has 0 radical (unpaired) electrons. The summed E-state index contributed by atoms with van der Waals surface area (Å²) < 4.78 is 13.9. The molecule has 174 valence electrons. The molecule has 4 nitrogen and oxygen atoms in total. The lowest BCUT2D eigenvalue weighted by Gasteiger charge is -2.24. The topological polar surface area (TPSA) is 49.4 Å². The summed E-state index contributed by atoms with van der Waals surface area (Å²) in [6, 6.07) is 25.1. The van der Waals surface area contributed by atoms with Crippen LogP contribution in [0.5, 0.6) is 0 Å². The van der Waals surface area contributed by atoms with Gasteiger partial charge in [0, 0.05) is 16.8 Å². The molecule has 0 aliphatic carbocycles. The zero-order valence-corrected chi connectivity index (χ0v) is 19.8. The second-order valence-corrected chi connectivity index (χ2v) is 8.93. The van der Waals surface area contributed by atoms with Crippen LogP contribution in [0.25, 0.3) is 0 Å². The Morgan fingerprint density at radius 3 is 2.37 bits per heavy atom. The summed E-state index contributed by atoms with van der Waals surface area (Å²) in [4.78, 5) is 28.1. The lowest BCUT2D eigenvalue weighted by atomic mass is 10.0. The van der Waals surface area contributed by atoms with Crippen molar-refractivity contribution in [2.45, 2.75) is 19.9 Å². The van der Waals surface area contributed by atoms with Gasteiger partial charge in [0.1, 0.15) is 5.82 Å². The van der Waals surface area contributed by atoms with Gasteiger partial charge in [0.15, 0.2) is 0 Å². The summed E-state index contributed by atoms with van der Waals surface area (Å²) in [7, 11) is 0. The zero-order chi connectivity index (χ0) is 24.5. The Balaban J connectivity index is 1.44. The van der Waals surface area contributed by atoms with Crippen LogP contribution in [0.1, 0.15) is 43.0 Å². The van der Waals surface area contributed by atoms with E-state index in [-0.39, 0.29) is 22.1 Å². The monoisotopic (exact) mass is 484 g/mol. The van der Waals surface area contributed by atoms with E-state index in [1.54, 1.807) is 36.1 Å². The first kappa shape index (κ1) is 22.8. The molecule has 0 saturated carbocycles. The molecular formula is C29H22ClFN2O2. The summed E-state index contributed by atoms with van der Waals surface area (Å²) in [5, 5.41) is 2.94. The van der Waals surface area contributed by atoms with E-state index in [0.717, 1.165) is 23.2 Å². The number of para-hydroxylation sites is 1. The van der Waals surface area contributed by atoms with Gasteiger partial charge in [-0.15, -0.1) is 0 Å². The van der Waals surface area contributed by atoms with Crippen LogP contribution in [0.2, 0.25) is 5.02 Å². The largest absolute Gasteiger partial charge is 0.321 e. The van der Waals surface area contributed by atoms with Gasteiger partial charge in [-0.1, -0.05) is 60.1 Å². The molecule has 0 fully saturated rings. The van der Waals surface area contributed by atoms with Gasteiger partial charge < -0.3 is 10.2 Å². The Morgan fingerprint density at radius 2 is 1.60 bits per heavy atom. The van der Waals surface area contributed by atoms with Crippen LogP contribution >= 0.6 is 11.6 Å². The molecule has 0 atom stereocenters. The third-order valence-corrected chi connectivity index (χ3v) is 6.64. The minimum absolute atomic E-state index is 0.185. The number of carbonyl (C=O) groups is 2. The van der Waals surface area contributed by atoms with Gasteiger partial charge >= 0.3 is 0 Å². The number of nitrogens with zero attached hydrogens (tertiary/aromatic N) is 1. The minimum Gasteiger partial charge on any atom is -0.321 e. The van der Waals surface area contributed by atoms with E-state index in [9.17, 15) is 14.0 Å². The summed E-state index contributed by atoms with van der Waals surface area (Å²) in [5.41, 5.74) is 5.46. The molecule has 5 rings (SSSR count). The van der Waals surface area contributed by atoms with Crippen LogP contribution in [0.3, 0.4) is 0 Å². The summed E-state index contributed by atoms with van der Waals surface area (Å²) >= 11 is 6.47. The van der Waals surface area contributed by atoms with Crippen LogP contribution in [0.4, 0.5) is 15.8 Å². The normalized spacial score (nSPS) is 12.4. The van der Waals surface area contributed by atoms with E-state index < -0.39 is 11.7 Å². The van der Waals surface area contributed by atoms with Crippen molar-refractivity contribution in [2.24, 2.45) is 0 Å². The summed E-state index contributed by atoms with van der Waals surface area (Å²) in [5.74, 6) is -1.11. The van der Waals surface area contributed by atoms with Crippen molar-refractivity contribution < 1.29 is 14.0 Å². The van der Waals surface area contributed by atoms with Crippen LogP contribution in [0.15, 0.2) is 84.9 Å². The van der Waals surface area contributed by atoms with E-state index in [1.165, 1.54) is 17.7 Å². The average Bonchev–Trinajstić information content (AvgIpc) is 3.03. The number of carbonyl (C=O) groups excluding carboxylic acids is 2. The molecule has 0 saturated heterocycles. The highest BCUT2D eigenvalue weighted by molar-refractivity contribution is 6.34. The molecule has 0 unspecified atom stereocenters. The number of rotatable bonds is 3. The first-order chi connectivity index (χ1) is 16.9. The summed E-state index contributed by atoms with van der Waals surface area (Å²) in [6.07, 6.45) is 0.751. The third kappa shape index (κ3) is 4.43. The molecule has 1 aliphatic rings. The Hall–Kier alpha value is -3.96. The molecule has 1 heterocycles. The number of nitrogens with one attached hydrogen (secondary N) is 1. The van der Waals surface area contributed by atoms with Crippen LogP contribution in [-0.4, -0.2) is 11.8 Å². The lowest BCUT2D eigenvalue weighted by Crippen LogP contribution is -2.30. The standard InChI is InChI=1S/C29H22ClFN2O2/c1-18-23(10-6-11-25(18)31)28(34)32-26-14-13-21(16-24(26)30)29(35)33-17-22-9-3-2-7-19(22)15-20-8-4-5-12-27(20)33/h2-14,16H,15,17H2,1H3,(H,32,34). The maximum atomic E-state index is 13.9. The zero-order valence-electron chi connectivity index (χ0n) is 19.0. The first-order valence-corrected chi connectivity index (χ1v) is 11.6. The molecule has 2 amide bonds. The molecular weight excluding hydrogens is 463 g/mol. The van der Waals surface area contributed by atoms with Crippen molar-refractivity contribution in [3.8, 4) is 0 Å². The Morgan fingerprint density at radius 1 is 0.886 bits per heavy atom. The van der Waals surface area contributed by atoms with Crippen LogP contribution in [0, 0.1) is 12.7 Å². The average molecular weight is 485 g/mol. The van der Waals surface area contributed by atoms with Crippen molar-refractivity contribution in [2.75, 3.05) is 10.2 Å². The SMILES string of the molecule is Cc1c(F)cccc1C(=O)Nc1ccc(C(=O)N2Cc3ccccc3Cc3ccccc32)cc1Cl. The van der Waals surface area contributed by atoms with Crippen molar-refractivity contribution >= 4 is 34.8 Å². The predicted molar refractivity (Wildman–Crippen MR) is 137 cm³/mol. The number of benzene rings is 4. The molecule has 4 aromatic carbocycles. The quantitative estimate of drug-likeness (QED) is 0.348. The highest BCUT2D eigenvalue weighted by Gasteiger charge is 2.25. The van der Waals surface area contributed by atoms with Crippen molar-refractivity contribution in [3.63, 3.8) is 0 Å². The van der Waals surface area contributed by atoms with Gasteiger partial charge in [-0.25, -0.2) is 4.39 Å². The first-order valence-electron chi connectivity index (χ1n) is 11.2. The Labute approximate surface area is 208 Å². The number of fused-ring (bicyclic) bond motifs is 2. The van der Waals surface area contributed by atoms with Gasteiger partial charge in [0.25, 0.3) is 11.8 Å². The molecule has 4 aromatic rings. The van der Waals surface area contributed by atoms with E-state index in [4.69, 9.17) is 11.6 Å². The Kier molecular flexibility index (Phi) is 6.10. The molecule has 0 aromatic heterocycles. The highest BCUT2D eigenvalue weighted by atomic mass is 35.5. The van der Waals surface area contributed by atoms with Crippen LogP contribution < -0.4 is 10.2 Å². The second kappa shape index (κ2) is 9.35. The van der Waals surface area contributed by atoms with Crippen molar-refractivity contribution in [3.05, 3.63) is 129 Å². The molecule has 0 bridgehead atoms. The maximum absolute atomic E-state index is 13.9. The molecule has 35 heavy (non-hydrogen) atoms. The number of halogens is 2. The molecule has 1 N–H and O–H groups in total. The smallest absolute Gasteiger partial charge is 0.258 e. The third-order valence-electron chi connectivity index (χ3n) is 6.33. The van der Waals surface area contributed by atoms with Gasteiger partial charge in [0.05, 0.1) is 17.3 Å². The van der Waals surface area contributed by atoms with E-state index >= 15 is 0 Å². The van der Waals surface area contributed by atoms with Gasteiger partial charge in [0.2, 0.25) is 0 Å². The fourth-order valence-electron chi connectivity index (χ4n) is 4.40. The summed E-state index contributed by atoms with van der Waals surface area (Å²) in [6.45, 7) is 1.99. The number of amides is 2. The van der Waals surface area contributed by atoms with E-state index in [1.807, 2.05) is 42.5 Å². The van der Waals surface area contributed by atoms with Crippen molar-refractivity contribution in [1.29, 1.82) is 0 Å². The lowest BCUT2D eigenvalue weighted by molar-refractivity contribution is 0.0984. The maximum Gasteiger partial charge on any atom is 0.258 e. The van der Waals surface area contributed by atoms with Crippen LogP contribution in [-0.2, 0) is 13.0 Å². The minimum atomic E-state index is -0.471. The van der Waals surface area contributed by atoms with E-state index in [0.29, 0.717) is 17.8 Å². The molecule has 1 aliphatic heterocycles. The van der Waals surface area contributed by atoms with Gasteiger partial charge in [-0.2, -0.15) is 0 Å². The predicted octanol–water partition coefficient (Wildman–Crippen LogP) is 6.79. The van der Waals surface area contributed by atoms with Gasteiger partial charge in [-0.3, -0.25) is 9.59 Å². The van der Waals surface area contributed by atoms with Crippen molar-refractivity contribution in [1.82, 2.24) is 0 Å². The second-order valence-electron chi connectivity index (χ2n) is 8.53. The highest BCUT2D eigenvalue weighted by Crippen LogP contribution is 2.33. The fourth-order valence-corrected chi connectivity index (χ4v) is 4.63. The Bertz CT molecular complexity index is 1470. The number of anilines is 2. The number of hydrogen-bond donors (Lipinski definition) is 1. The molecule has 6 heteroatoms. The number of hydrogen-bond acceptors (Lipinski definition) is 2. The fraction of sp³-hybridized carbons (Fsp3) is 0.103. The molecule has 0 spiro atoms. The van der Waals surface area contributed by atoms with Gasteiger partial charge in [-0.05, 0) is 72.0 Å². The van der Waals surface area contributed by atoms with E-state index in [2.05, 4.69) is 11.4 Å².